The largest absolute Gasteiger partial charge is 0.461 e. The number of aliphatic hydroxyl groups excluding tert-OH is 1. The Bertz CT molecular complexity index is 2270. The molecule has 73 heavy (non-hydrogen) atoms. The van der Waals surface area contributed by atoms with Gasteiger partial charge in [0.05, 0.1) is 24.0 Å². The second kappa shape index (κ2) is 26.2. The summed E-state index contributed by atoms with van der Waals surface area (Å²) in [5.41, 5.74) is 1.32. The lowest BCUT2D eigenvalue weighted by Gasteiger charge is -2.43. The van der Waals surface area contributed by atoms with Gasteiger partial charge >= 0.3 is 5.97 Å². The van der Waals surface area contributed by atoms with Crippen LogP contribution in [0.1, 0.15) is 144 Å². The standard InChI is InChI=1S/C54H84N6O12S/c1-34-16-11-10-12-17-36(3)45(60-26-15-27-73(60,67)68)32-42-22-20-40(7)54(66,72-42)51(63)52(64)58-25-14-13-18-44(58)53(65)71-46(24-19-35(2)29-39(6)49(62)50(70-9)48(61)38(5)28-34)37(4)30-41-21-23-43(47(31-41)69-8)59-33-55-56-57-59/h10-12,16-17,29,33-35,37-38,40-47,49-50,62,66H,13-15,18-28,30-32H2,1-9H3/b12-10+,16-11+,36-17+,39-29+/t34-,35+,37-,38-,40-,41+,42+,43+,44+,45?,46+,47-,49-,50+,54-/m1/s1. The number of amides is 1. The van der Waals surface area contributed by atoms with Gasteiger partial charge in [0.15, 0.2) is 5.78 Å². The molecule has 15 atom stereocenters. The summed E-state index contributed by atoms with van der Waals surface area (Å²) in [7, 11) is -0.486. The molecular formula is C54H84N6O12S. The highest BCUT2D eigenvalue weighted by Crippen LogP contribution is 2.40. The molecule has 5 aliphatic rings. The Labute approximate surface area is 433 Å². The molecule has 1 amide bonds. The van der Waals surface area contributed by atoms with Crippen LogP contribution in [-0.2, 0) is 48.1 Å². The van der Waals surface area contributed by atoms with Crippen molar-refractivity contribution in [2.75, 3.05) is 33.1 Å². The van der Waals surface area contributed by atoms with Crippen LogP contribution in [0.5, 0.6) is 0 Å². The number of sulfonamides is 1. The van der Waals surface area contributed by atoms with Crippen LogP contribution in [0, 0.1) is 35.5 Å². The fraction of sp³-hybridized carbons (Fsp3) is 0.759. The van der Waals surface area contributed by atoms with E-state index in [1.165, 1.54) is 16.3 Å². The molecule has 1 aromatic rings. The third-order valence-electron chi connectivity index (χ3n) is 16.4. The van der Waals surface area contributed by atoms with Gasteiger partial charge < -0.3 is 34.1 Å². The molecule has 1 aromatic heterocycles. The molecule has 5 heterocycles. The molecule has 408 valence electrons. The molecule has 3 saturated heterocycles. The quantitative estimate of drug-likeness (QED) is 0.175. The number of hydrogen-bond donors (Lipinski definition) is 2. The van der Waals surface area contributed by atoms with Gasteiger partial charge in [-0.05, 0) is 143 Å². The Hall–Kier alpha value is -3.98. The first-order valence-electron chi connectivity index (χ1n) is 26.8. The lowest BCUT2D eigenvalue weighted by Crippen LogP contribution is -2.61. The molecule has 2 bridgehead atoms. The summed E-state index contributed by atoms with van der Waals surface area (Å²) in [6, 6.07) is -1.74. The molecule has 0 radical (unpaired) electrons. The average molecular weight is 1040 g/mol. The Kier molecular flexibility index (Phi) is 20.9. The van der Waals surface area contributed by atoms with Crippen LogP contribution in [0.4, 0.5) is 0 Å². The van der Waals surface area contributed by atoms with Crippen molar-refractivity contribution in [2.24, 2.45) is 35.5 Å². The van der Waals surface area contributed by atoms with Gasteiger partial charge in [-0.1, -0.05) is 76.6 Å². The van der Waals surface area contributed by atoms with Gasteiger partial charge in [0.1, 0.15) is 30.7 Å². The van der Waals surface area contributed by atoms with E-state index in [0.29, 0.717) is 63.5 Å². The van der Waals surface area contributed by atoms with Crippen LogP contribution in [0.15, 0.2) is 53.9 Å². The lowest BCUT2D eigenvalue weighted by molar-refractivity contribution is -0.264. The van der Waals surface area contributed by atoms with Gasteiger partial charge in [-0.3, -0.25) is 14.4 Å². The zero-order valence-electron chi connectivity index (χ0n) is 44.7. The first-order valence-corrected chi connectivity index (χ1v) is 28.4. The van der Waals surface area contributed by atoms with Crippen LogP contribution >= 0.6 is 0 Å². The maximum Gasteiger partial charge on any atom is 0.329 e. The fourth-order valence-electron chi connectivity index (χ4n) is 12.0. The van der Waals surface area contributed by atoms with Crippen molar-refractivity contribution in [1.82, 2.24) is 29.4 Å². The summed E-state index contributed by atoms with van der Waals surface area (Å²) in [6.07, 6.45) is 16.6. The van der Waals surface area contributed by atoms with Crippen molar-refractivity contribution in [1.29, 1.82) is 0 Å². The van der Waals surface area contributed by atoms with Gasteiger partial charge in [-0.25, -0.2) is 17.9 Å². The highest BCUT2D eigenvalue weighted by Gasteiger charge is 2.53. The number of carbonyl (C=O) groups excluding carboxylic acids is 4. The SMILES string of the molecule is CO[C@@H]1C[C@H](C[C@@H](C)[C@@H]2CC[C@H](C)/C=C(\C)[C@@H](O)[C@@H](OC)C(=O)[C@H](C)C[C@H](C)/C=C/C=C/C=C(\C)C(N3CCCS3(=O)=O)C[C@@H]3CC[C@@H](C)[C@@](O)(O3)C(=O)C(=O)N3CCCC[C@H]3C(=O)O2)CC[C@@H]1n1cnnn1. The van der Waals surface area contributed by atoms with Gasteiger partial charge in [0.2, 0.25) is 15.8 Å². The summed E-state index contributed by atoms with van der Waals surface area (Å²) in [5.74, 6) is -6.70. The predicted molar refractivity (Wildman–Crippen MR) is 274 cm³/mol. The smallest absolute Gasteiger partial charge is 0.329 e. The Balaban J connectivity index is 1.30. The number of fused-ring (bicyclic) bond motifs is 3. The maximum absolute atomic E-state index is 14.6. The zero-order chi connectivity index (χ0) is 53.2. The number of aromatic nitrogens is 4. The number of carbonyl (C=O) groups is 4. The van der Waals surface area contributed by atoms with Crippen LogP contribution in [0.2, 0.25) is 0 Å². The minimum atomic E-state index is -3.60. The normalized spacial score (nSPS) is 39.3. The molecule has 19 heteroatoms. The number of piperidine rings is 1. The number of rotatable bonds is 7. The lowest BCUT2D eigenvalue weighted by atomic mass is 9.77. The van der Waals surface area contributed by atoms with E-state index in [9.17, 15) is 37.8 Å². The maximum atomic E-state index is 14.6. The fourth-order valence-corrected chi connectivity index (χ4v) is 13.8. The van der Waals surface area contributed by atoms with Gasteiger partial charge in [-0.2, -0.15) is 4.31 Å². The second-order valence-corrected chi connectivity index (χ2v) is 24.1. The molecule has 0 spiro atoms. The number of tetrazole rings is 1. The number of methoxy groups -OCH3 is 2. The van der Waals surface area contributed by atoms with E-state index in [0.717, 1.165) is 31.3 Å². The summed E-state index contributed by atoms with van der Waals surface area (Å²) in [6.45, 7) is 13.6. The Morgan fingerprint density at radius 2 is 1.62 bits per heavy atom. The average Bonchev–Trinajstić information content (AvgIpc) is 4.03. The number of cyclic esters (lactones) is 1. The number of nitrogens with zero attached hydrogens (tertiary/aromatic N) is 6. The molecule has 1 aliphatic carbocycles. The summed E-state index contributed by atoms with van der Waals surface area (Å²) in [5, 5.41) is 35.6. The van der Waals surface area contributed by atoms with E-state index < -0.39 is 81.8 Å². The predicted octanol–water partition coefficient (Wildman–Crippen LogP) is 6.26. The Morgan fingerprint density at radius 1 is 0.849 bits per heavy atom. The van der Waals surface area contributed by atoms with Crippen molar-refractivity contribution in [3.63, 3.8) is 0 Å². The van der Waals surface area contributed by atoms with Crippen molar-refractivity contribution in [3.8, 4) is 0 Å². The van der Waals surface area contributed by atoms with Crippen LogP contribution in [0.3, 0.4) is 0 Å². The van der Waals surface area contributed by atoms with Crippen LogP contribution < -0.4 is 0 Å². The molecule has 6 rings (SSSR count). The Morgan fingerprint density at radius 3 is 2.30 bits per heavy atom. The first kappa shape index (κ1) is 58.3. The minimum Gasteiger partial charge on any atom is -0.461 e. The molecule has 4 aliphatic heterocycles. The summed E-state index contributed by atoms with van der Waals surface area (Å²) >= 11 is 0. The van der Waals surface area contributed by atoms with E-state index in [-0.39, 0.29) is 66.7 Å². The molecule has 1 unspecified atom stereocenters. The van der Waals surface area contributed by atoms with Crippen molar-refractivity contribution >= 4 is 33.5 Å². The number of ether oxygens (including phenoxy) is 4. The van der Waals surface area contributed by atoms with E-state index in [1.807, 2.05) is 64.2 Å². The molecule has 2 N–H and O–H groups in total. The van der Waals surface area contributed by atoms with E-state index >= 15 is 0 Å². The number of allylic oxidation sites excluding steroid dienone is 6. The van der Waals surface area contributed by atoms with Crippen molar-refractivity contribution < 1.29 is 56.8 Å². The molecule has 0 aromatic carbocycles. The van der Waals surface area contributed by atoms with E-state index in [1.54, 1.807) is 32.0 Å². The number of aliphatic hydroxyl groups is 2. The van der Waals surface area contributed by atoms with Gasteiger partial charge in [0, 0.05) is 45.2 Å². The molecule has 4 fully saturated rings. The van der Waals surface area contributed by atoms with Crippen molar-refractivity contribution in [2.45, 2.75) is 193 Å². The van der Waals surface area contributed by atoms with E-state index in [2.05, 4.69) is 22.4 Å². The third kappa shape index (κ3) is 14.5. The van der Waals surface area contributed by atoms with E-state index in [4.69, 9.17) is 18.9 Å². The summed E-state index contributed by atoms with van der Waals surface area (Å²) < 4.78 is 54.4. The number of esters is 1. The zero-order valence-corrected chi connectivity index (χ0v) is 45.5. The van der Waals surface area contributed by atoms with Gasteiger partial charge in [-0.15, -0.1) is 5.10 Å². The number of ketones is 2. The highest BCUT2D eigenvalue weighted by atomic mass is 32.2. The minimum absolute atomic E-state index is 0.00324. The molecule has 1 saturated carbocycles. The topological polar surface area (TPSA) is 230 Å². The third-order valence-corrected chi connectivity index (χ3v) is 18.4. The number of hydrogen-bond acceptors (Lipinski definition) is 15. The molecular weight excluding hydrogens is 957 g/mol. The van der Waals surface area contributed by atoms with Crippen molar-refractivity contribution in [3.05, 3.63) is 53.9 Å². The van der Waals surface area contributed by atoms with Gasteiger partial charge in [0.25, 0.3) is 11.7 Å². The first-order chi connectivity index (χ1) is 34.7. The second-order valence-electron chi connectivity index (χ2n) is 22.0. The highest BCUT2D eigenvalue weighted by molar-refractivity contribution is 7.89. The monoisotopic (exact) mass is 1040 g/mol. The number of Topliss-reactive ketones (excluding diaryl/α,β-unsaturated/α-hetero) is 2. The summed E-state index contributed by atoms with van der Waals surface area (Å²) in [4.78, 5) is 58.7. The van der Waals surface area contributed by atoms with Crippen LogP contribution in [-0.4, -0.2) is 153 Å². The molecule has 18 nitrogen and oxygen atoms in total. The van der Waals surface area contributed by atoms with Crippen LogP contribution in [0.25, 0.3) is 0 Å².